The predicted octanol–water partition coefficient (Wildman–Crippen LogP) is 0.587. The second kappa shape index (κ2) is 4.28. The number of rotatable bonds is 2. The Hall–Kier alpha value is -0.940. The summed E-state index contributed by atoms with van der Waals surface area (Å²) in [4.78, 5) is 17.7. The van der Waals surface area contributed by atoms with Crippen molar-refractivity contribution in [3.8, 4) is 0 Å². The lowest BCUT2D eigenvalue weighted by molar-refractivity contribution is -0.129. The Morgan fingerprint density at radius 2 is 2.60 bits per heavy atom. The molecule has 1 aliphatic heterocycles. The molecule has 2 rings (SSSR count). The Morgan fingerprint density at radius 3 is 3.13 bits per heavy atom. The molecule has 1 saturated heterocycles. The van der Waals surface area contributed by atoms with Gasteiger partial charge in [-0.15, -0.1) is 11.3 Å². The first-order valence-electron chi connectivity index (χ1n) is 5.02. The average Bonchev–Trinajstić information content (AvgIpc) is 2.75. The van der Waals surface area contributed by atoms with Crippen molar-refractivity contribution in [2.24, 2.45) is 0 Å². The molecule has 0 aromatic carbocycles. The summed E-state index contributed by atoms with van der Waals surface area (Å²) < 4.78 is 0. The van der Waals surface area contributed by atoms with Crippen LogP contribution in [0.25, 0.3) is 0 Å². The van der Waals surface area contributed by atoms with E-state index in [0.717, 1.165) is 10.7 Å². The fourth-order valence-corrected chi connectivity index (χ4v) is 2.34. The van der Waals surface area contributed by atoms with Crippen LogP contribution in [0.1, 0.15) is 17.1 Å². The zero-order valence-corrected chi connectivity index (χ0v) is 9.46. The number of hydrogen-bond donors (Lipinski definition) is 1. The van der Waals surface area contributed by atoms with E-state index >= 15 is 0 Å². The Bertz CT molecular complexity index is 364. The van der Waals surface area contributed by atoms with Crippen molar-refractivity contribution in [3.05, 3.63) is 16.1 Å². The molecule has 4 nitrogen and oxygen atoms in total. The topological polar surface area (TPSA) is 53.4 Å². The molecule has 0 unspecified atom stereocenters. The van der Waals surface area contributed by atoms with E-state index in [4.69, 9.17) is 0 Å². The van der Waals surface area contributed by atoms with Crippen molar-refractivity contribution in [2.45, 2.75) is 25.9 Å². The van der Waals surface area contributed by atoms with Gasteiger partial charge in [-0.05, 0) is 13.3 Å². The summed E-state index contributed by atoms with van der Waals surface area (Å²) in [5.41, 5.74) is 0.837. The van der Waals surface area contributed by atoms with Crippen LogP contribution in [0.15, 0.2) is 5.38 Å². The number of aromatic nitrogens is 1. The van der Waals surface area contributed by atoms with Gasteiger partial charge in [-0.2, -0.15) is 0 Å². The summed E-state index contributed by atoms with van der Waals surface area (Å²) in [5, 5.41) is 12.2. The number of thiazole rings is 1. The summed E-state index contributed by atoms with van der Waals surface area (Å²) in [6.45, 7) is 3.07. The van der Waals surface area contributed by atoms with Gasteiger partial charge in [0.05, 0.1) is 23.2 Å². The minimum atomic E-state index is -0.342. The number of carbonyl (C=O) groups is 1. The van der Waals surface area contributed by atoms with Crippen LogP contribution in [0.5, 0.6) is 0 Å². The number of aliphatic hydroxyl groups excluding tert-OH is 1. The molecule has 15 heavy (non-hydrogen) atoms. The normalized spacial score (nSPS) is 20.9. The van der Waals surface area contributed by atoms with E-state index in [1.807, 2.05) is 12.3 Å². The number of hydrogen-bond acceptors (Lipinski definition) is 4. The van der Waals surface area contributed by atoms with E-state index in [2.05, 4.69) is 4.98 Å². The number of β-amino-alcohol motifs (C(OH)–C–C–N with tert-alkyl or cyclic N) is 1. The summed E-state index contributed by atoms with van der Waals surface area (Å²) in [7, 11) is 0. The molecule has 1 aliphatic rings. The van der Waals surface area contributed by atoms with E-state index in [0.29, 0.717) is 25.9 Å². The fraction of sp³-hybridized carbons (Fsp3) is 0.600. The maximum atomic E-state index is 11.7. The molecule has 1 amide bonds. The van der Waals surface area contributed by atoms with Gasteiger partial charge < -0.3 is 10.0 Å². The first kappa shape index (κ1) is 10.6. The van der Waals surface area contributed by atoms with Crippen molar-refractivity contribution in [1.29, 1.82) is 0 Å². The number of aliphatic hydroxyl groups is 1. The highest BCUT2D eigenvalue weighted by Gasteiger charge is 2.24. The molecule has 0 radical (unpaired) electrons. The van der Waals surface area contributed by atoms with Crippen LogP contribution >= 0.6 is 11.3 Å². The summed E-state index contributed by atoms with van der Waals surface area (Å²) in [6.07, 6.45) is 0.713. The molecule has 0 aliphatic carbocycles. The minimum absolute atomic E-state index is 0.0665. The van der Waals surface area contributed by atoms with Crippen LogP contribution < -0.4 is 0 Å². The highest BCUT2D eigenvalue weighted by molar-refractivity contribution is 7.09. The van der Waals surface area contributed by atoms with Crippen LogP contribution in [-0.4, -0.2) is 40.1 Å². The lowest BCUT2D eigenvalue weighted by Crippen LogP contribution is -2.30. The molecule has 1 atom stereocenters. The second-order valence-corrected chi connectivity index (χ2v) is 4.88. The monoisotopic (exact) mass is 226 g/mol. The highest BCUT2D eigenvalue weighted by Crippen LogP contribution is 2.13. The number of aryl methyl sites for hydroxylation is 1. The van der Waals surface area contributed by atoms with Gasteiger partial charge in [-0.1, -0.05) is 0 Å². The third-order valence-corrected chi connectivity index (χ3v) is 3.34. The van der Waals surface area contributed by atoms with Crippen LogP contribution in [-0.2, 0) is 11.2 Å². The molecule has 1 aromatic heterocycles. The third-order valence-electron chi connectivity index (χ3n) is 2.51. The van der Waals surface area contributed by atoms with Gasteiger partial charge in [0.1, 0.15) is 0 Å². The van der Waals surface area contributed by atoms with Crippen LogP contribution in [0.2, 0.25) is 0 Å². The van der Waals surface area contributed by atoms with E-state index in [1.54, 1.807) is 16.2 Å². The zero-order chi connectivity index (χ0) is 10.8. The first-order chi connectivity index (χ1) is 7.15. The molecule has 0 bridgehead atoms. The van der Waals surface area contributed by atoms with Crippen LogP contribution in [0.3, 0.4) is 0 Å². The lowest BCUT2D eigenvalue weighted by atomic mass is 10.3. The first-order valence-corrected chi connectivity index (χ1v) is 5.90. The van der Waals surface area contributed by atoms with Crippen molar-refractivity contribution >= 4 is 17.2 Å². The predicted molar refractivity (Wildman–Crippen MR) is 57.8 cm³/mol. The molecule has 0 spiro atoms. The summed E-state index contributed by atoms with van der Waals surface area (Å²) >= 11 is 1.56. The molecular weight excluding hydrogens is 212 g/mol. The maximum absolute atomic E-state index is 11.7. The molecular formula is C10H14N2O2S. The van der Waals surface area contributed by atoms with Crippen LogP contribution in [0, 0.1) is 6.92 Å². The number of carbonyl (C=O) groups excluding carboxylic acids is 1. The minimum Gasteiger partial charge on any atom is -0.391 e. The molecule has 5 heteroatoms. The van der Waals surface area contributed by atoms with E-state index in [1.165, 1.54) is 0 Å². The van der Waals surface area contributed by atoms with Gasteiger partial charge in [0.2, 0.25) is 5.91 Å². The lowest BCUT2D eigenvalue weighted by Gasteiger charge is -2.14. The Balaban J connectivity index is 1.92. The van der Waals surface area contributed by atoms with Crippen LogP contribution in [0.4, 0.5) is 0 Å². The number of likely N-dealkylation sites (tertiary alicyclic amines) is 1. The van der Waals surface area contributed by atoms with E-state index < -0.39 is 0 Å². The van der Waals surface area contributed by atoms with Gasteiger partial charge in [0.25, 0.3) is 0 Å². The maximum Gasteiger partial charge on any atom is 0.228 e. The molecule has 1 fully saturated rings. The van der Waals surface area contributed by atoms with E-state index in [-0.39, 0.29) is 12.0 Å². The Kier molecular flexibility index (Phi) is 3.02. The van der Waals surface area contributed by atoms with Gasteiger partial charge >= 0.3 is 0 Å². The number of amides is 1. The smallest absolute Gasteiger partial charge is 0.228 e. The van der Waals surface area contributed by atoms with Gasteiger partial charge in [-0.25, -0.2) is 4.98 Å². The van der Waals surface area contributed by atoms with Crippen molar-refractivity contribution in [3.63, 3.8) is 0 Å². The Morgan fingerprint density at radius 1 is 1.80 bits per heavy atom. The largest absolute Gasteiger partial charge is 0.391 e. The molecule has 1 aromatic rings. The summed E-state index contributed by atoms with van der Waals surface area (Å²) in [6, 6.07) is 0. The van der Waals surface area contributed by atoms with Crippen molar-refractivity contribution in [1.82, 2.24) is 9.88 Å². The summed E-state index contributed by atoms with van der Waals surface area (Å²) in [5.74, 6) is 0.0665. The molecule has 0 saturated carbocycles. The standard InChI is InChI=1S/C10H14N2O2S/c1-7-11-8(6-15-7)4-10(14)12-3-2-9(13)5-12/h6,9,13H,2-5H2,1H3/t9-/m1/s1. The molecule has 2 heterocycles. The quantitative estimate of drug-likeness (QED) is 0.803. The second-order valence-electron chi connectivity index (χ2n) is 3.82. The van der Waals surface area contributed by atoms with Crippen molar-refractivity contribution in [2.75, 3.05) is 13.1 Å². The zero-order valence-electron chi connectivity index (χ0n) is 8.64. The average molecular weight is 226 g/mol. The molecule has 82 valence electrons. The highest BCUT2D eigenvalue weighted by atomic mass is 32.1. The third kappa shape index (κ3) is 2.54. The fourth-order valence-electron chi connectivity index (χ4n) is 1.72. The number of nitrogens with zero attached hydrogens (tertiary/aromatic N) is 2. The molecule has 1 N–H and O–H groups in total. The van der Waals surface area contributed by atoms with Gasteiger partial charge in [-0.3, -0.25) is 4.79 Å². The van der Waals surface area contributed by atoms with Crippen molar-refractivity contribution < 1.29 is 9.90 Å². The Labute approximate surface area is 92.6 Å². The van der Waals surface area contributed by atoms with E-state index in [9.17, 15) is 9.90 Å². The van der Waals surface area contributed by atoms with Gasteiger partial charge in [0, 0.05) is 18.5 Å². The SMILES string of the molecule is Cc1nc(CC(=O)N2CC[C@@H](O)C2)cs1. The van der Waals surface area contributed by atoms with Gasteiger partial charge in [0.15, 0.2) is 0 Å².